The maximum atomic E-state index is 11.8. The van der Waals surface area contributed by atoms with Crippen LogP contribution in [0.2, 0.25) is 0 Å². The largest absolute Gasteiger partial charge is 0.465 e. The van der Waals surface area contributed by atoms with Crippen molar-refractivity contribution >= 4 is 17.7 Å². The van der Waals surface area contributed by atoms with Crippen LogP contribution in [0.4, 0.5) is 0 Å². The molecule has 4 nitrogen and oxygen atoms in total. The van der Waals surface area contributed by atoms with Crippen LogP contribution in [0.25, 0.3) is 6.08 Å². The van der Waals surface area contributed by atoms with Crippen LogP contribution >= 0.6 is 0 Å². The van der Waals surface area contributed by atoms with Crippen molar-refractivity contribution in [3.63, 3.8) is 0 Å². The van der Waals surface area contributed by atoms with Gasteiger partial charge < -0.3 is 4.42 Å². The molecule has 1 heterocycles. The Morgan fingerprint density at radius 3 is 2.86 bits per heavy atom. The highest BCUT2D eigenvalue weighted by atomic mass is 16.3. The molecule has 112 valence electrons. The number of hydrogen-bond donors (Lipinski definition) is 1. The molecule has 0 aliphatic heterocycles. The average molecular weight is 286 g/mol. The van der Waals surface area contributed by atoms with Gasteiger partial charge in [-0.05, 0) is 48.8 Å². The van der Waals surface area contributed by atoms with Gasteiger partial charge in [0.1, 0.15) is 5.76 Å². The van der Waals surface area contributed by atoms with Crippen LogP contribution in [0.1, 0.15) is 45.8 Å². The number of rotatable bonds is 3. The van der Waals surface area contributed by atoms with E-state index in [2.05, 4.69) is 31.3 Å². The Morgan fingerprint density at radius 1 is 1.48 bits per heavy atom. The molecule has 2 aliphatic rings. The van der Waals surface area contributed by atoms with Crippen LogP contribution in [-0.2, 0) is 4.79 Å². The second-order valence-corrected chi connectivity index (χ2v) is 6.88. The molecule has 0 unspecified atom stereocenters. The normalized spacial score (nSPS) is 32.1. The lowest BCUT2D eigenvalue weighted by Gasteiger charge is -2.34. The summed E-state index contributed by atoms with van der Waals surface area (Å²) in [4.78, 5) is 11.8. The second kappa shape index (κ2) is 4.86. The van der Waals surface area contributed by atoms with Crippen molar-refractivity contribution in [3.8, 4) is 0 Å². The Kier molecular flexibility index (Phi) is 3.27. The fraction of sp³-hybridized carbons (Fsp3) is 0.529. The van der Waals surface area contributed by atoms with E-state index >= 15 is 0 Å². The van der Waals surface area contributed by atoms with Crippen LogP contribution < -0.4 is 5.43 Å². The summed E-state index contributed by atoms with van der Waals surface area (Å²) >= 11 is 0. The maximum absolute atomic E-state index is 11.8. The van der Waals surface area contributed by atoms with E-state index in [0.717, 1.165) is 12.1 Å². The topological polar surface area (TPSA) is 54.6 Å². The monoisotopic (exact) mass is 286 g/mol. The van der Waals surface area contributed by atoms with Crippen molar-refractivity contribution in [1.82, 2.24) is 5.43 Å². The molecular formula is C17H22N2O2. The quantitative estimate of drug-likeness (QED) is 0.681. The van der Waals surface area contributed by atoms with Gasteiger partial charge in [-0.1, -0.05) is 20.8 Å². The van der Waals surface area contributed by atoms with E-state index in [1.807, 2.05) is 0 Å². The minimum absolute atomic E-state index is 0.121. The smallest absolute Gasteiger partial charge is 0.264 e. The van der Waals surface area contributed by atoms with E-state index in [1.165, 1.54) is 18.9 Å². The van der Waals surface area contributed by atoms with Crippen LogP contribution in [0.3, 0.4) is 0 Å². The highest BCUT2D eigenvalue weighted by Gasteiger charge is 2.59. The van der Waals surface area contributed by atoms with Crippen molar-refractivity contribution < 1.29 is 9.21 Å². The zero-order valence-electron chi connectivity index (χ0n) is 12.8. The highest BCUT2D eigenvalue weighted by Crippen LogP contribution is 2.63. The third-order valence-corrected chi connectivity index (χ3v) is 5.76. The van der Waals surface area contributed by atoms with Crippen LogP contribution in [0, 0.1) is 16.7 Å². The number of furan rings is 1. The number of hydrazone groups is 1. The van der Waals surface area contributed by atoms with Crippen molar-refractivity contribution in [3.05, 3.63) is 30.2 Å². The highest BCUT2D eigenvalue weighted by molar-refractivity contribution is 5.97. The summed E-state index contributed by atoms with van der Waals surface area (Å²) in [5.41, 5.74) is 4.20. The van der Waals surface area contributed by atoms with E-state index in [1.54, 1.807) is 24.5 Å². The van der Waals surface area contributed by atoms with Crippen molar-refractivity contribution in [1.29, 1.82) is 0 Å². The number of hydrogen-bond acceptors (Lipinski definition) is 3. The summed E-state index contributed by atoms with van der Waals surface area (Å²) in [6, 6.07) is 3.59. The van der Waals surface area contributed by atoms with Crippen molar-refractivity contribution in [2.24, 2.45) is 21.8 Å². The van der Waals surface area contributed by atoms with Gasteiger partial charge in [0.05, 0.1) is 6.26 Å². The van der Waals surface area contributed by atoms with Gasteiger partial charge in [-0.2, -0.15) is 5.10 Å². The molecule has 0 aromatic carbocycles. The van der Waals surface area contributed by atoms with Crippen LogP contribution in [0.15, 0.2) is 34.0 Å². The Bertz CT molecular complexity index is 598. The van der Waals surface area contributed by atoms with Gasteiger partial charge in [0.15, 0.2) is 0 Å². The molecule has 0 radical (unpaired) electrons. The first-order chi connectivity index (χ1) is 9.93. The lowest BCUT2D eigenvalue weighted by molar-refractivity contribution is -0.116. The molecular weight excluding hydrogens is 264 g/mol. The Morgan fingerprint density at radius 2 is 2.29 bits per heavy atom. The number of amides is 1. The summed E-state index contributed by atoms with van der Waals surface area (Å²) in [6.45, 7) is 6.93. The fourth-order valence-corrected chi connectivity index (χ4v) is 3.80. The third kappa shape index (κ3) is 2.23. The summed E-state index contributed by atoms with van der Waals surface area (Å²) in [5, 5.41) is 4.41. The number of fused-ring (bicyclic) bond motifs is 2. The molecule has 3 rings (SSSR count). The van der Waals surface area contributed by atoms with Gasteiger partial charge in [-0.25, -0.2) is 5.43 Å². The molecule has 2 bridgehead atoms. The lowest BCUT2D eigenvalue weighted by atomic mass is 9.70. The number of nitrogens with zero attached hydrogens (tertiary/aromatic N) is 1. The number of nitrogens with one attached hydrogen (secondary N) is 1. The number of carbonyl (C=O) groups excluding carboxylic acids is 1. The van der Waals surface area contributed by atoms with E-state index in [4.69, 9.17) is 4.42 Å². The minimum atomic E-state index is -0.219. The van der Waals surface area contributed by atoms with Crippen molar-refractivity contribution in [2.75, 3.05) is 0 Å². The summed E-state index contributed by atoms with van der Waals surface area (Å²) in [7, 11) is 0. The van der Waals surface area contributed by atoms with Crippen LogP contribution in [-0.4, -0.2) is 11.6 Å². The summed E-state index contributed by atoms with van der Waals surface area (Å²) in [6.07, 6.45) is 8.11. The van der Waals surface area contributed by atoms with Gasteiger partial charge >= 0.3 is 0 Å². The molecule has 1 amide bonds. The molecule has 0 spiro atoms. The third-order valence-electron chi connectivity index (χ3n) is 5.76. The van der Waals surface area contributed by atoms with E-state index in [9.17, 15) is 4.79 Å². The fourth-order valence-electron chi connectivity index (χ4n) is 3.80. The first kappa shape index (κ1) is 14.1. The predicted molar refractivity (Wildman–Crippen MR) is 82.5 cm³/mol. The Balaban J connectivity index is 1.66. The molecule has 0 saturated heterocycles. The molecule has 2 atom stereocenters. The van der Waals surface area contributed by atoms with Gasteiger partial charge in [-0.3, -0.25) is 4.79 Å². The summed E-state index contributed by atoms with van der Waals surface area (Å²) in [5.74, 6) is 1.13. The Hall–Kier alpha value is -1.84. The van der Waals surface area contributed by atoms with Gasteiger partial charge in [0, 0.05) is 17.2 Å². The molecule has 4 heteroatoms. The minimum Gasteiger partial charge on any atom is -0.465 e. The summed E-state index contributed by atoms with van der Waals surface area (Å²) < 4.78 is 5.14. The zero-order chi connectivity index (χ0) is 15.1. The first-order valence-corrected chi connectivity index (χ1v) is 7.52. The number of carbonyl (C=O) groups is 1. The van der Waals surface area contributed by atoms with E-state index in [0.29, 0.717) is 11.7 Å². The molecule has 2 fully saturated rings. The zero-order valence-corrected chi connectivity index (χ0v) is 12.8. The van der Waals surface area contributed by atoms with Crippen LogP contribution in [0.5, 0.6) is 0 Å². The maximum Gasteiger partial charge on any atom is 0.264 e. The SMILES string of the molecule is CC1(C)[C@@H]2CC[C@]1(C)/C(=N/NC(=O)/C=C/c1ccco1)C2. The molecule has 1 aromatic rings. The molecule has 1 N–H and O–H groups in total. The molecule has 2 saturated carbocycles. The molecule has 2 aliphatic carbocycles. The predicted octanol–water partition coefficient (Wildman–Crippen LogP) is 3.61. The van der Waals surface area contributed by atoms with Crippen molar-refractivity contribution in [2.45, 2.75) is 40.0 Å². The second-order valence-electron chi connectivity index (χ2n) is 6.88. The van der Waals surface area contributed by atoms with E-state index in [-0.39, 0.29) is 16.7 Å². The average Bonchev–Trinajstić information content (AvgIpc) is 3.08. The van der Waals surface area contributed by atoms with Gasteiger partial charge in [0.25, 0.3) is 5.91 Å². The van der Waals surface area contributed by atoms with Gasteiger partial charge in [-0.15, -0.1) is 0 Å². The standard InChI is InChI=1S/C17H22N2O2/c1-16(2)12-8-9-17(16,3)14(11-12)18-19-15(20)7-6-13-5-4-10-21-13/h4-7,10,12H,8-9,11H2,1-3H3,(H,19,20)/b7-6+,18-14+/t12-,17-/m1/s1. The molecule has 1 aromatic heterocycles. The Labute approximate surface area is 125 Å². The lowest BCUT2D eigenvalue weighted by Crippen LogP contribution is -2.34. The first-order valence-electron chi connectivity index (χ1n) is 7.52. The van der Waals surface area contributed by atoms with E-state index < -0.39 is 0 Å². The molecule has 21 heavy (non-hydrogen) atoms. The van der Waals surface area contributed by atoms with Gasteiger partial charge in [0.2, 0.25) is 0 Å².